The number of nitrogens with one attached hydrogen (secondary N) is 1. The van der Waals surface area contributed by atoms with Crippen molar-refractivity contribution in [3.05, 3.63) is 71.9 Å². The summed E-state index contributed by atoms with van der Waals surface area (Å²) in [5.74, 6) is -0.541. The van der Waals surface area contributed by atoms with E-state index < -0.39 is 5.91 Å². The van der Waals surface area contributed by atoms with E-state index in [0.29, 0.717) is 17.9 Å². The Balaban J connectivity index is 1.79. The van der Waals surface area contributed by atoms with Gasteiger partial charge in [-0.15, -0.1) is 0 Å². The minimum atomic E-state index is -0.541. The average molecular weight is 416 g/mol. The Labute approximate surface area is 180 Å². The van der Waals surface area contributed by atoms with Crippen molar-refractivity contribution in [2.75, 3.05) is 12.4 Å². The quantitative estimate of drug-likeness (QED) is 0.478. The van der Waals surface area contributed by atoms with E-state index in [1.807, 2.05) is 62.8 Å². The third kappa shape index (κ3) is 4.24. The number of hydrogen-bond donors (Lipinski definition) is 2. The fourth-order valence-corrected chi connectivity index (χ4v) is 3.50. The molecule has 0 unspecified atom stereocenters. The molecule has 1 atom stereocenters. The highest BCUT2D eigenvalue weighted by Gasteiger charge is 2.18. The fourth-order valence-electron chi connectivity index (χ4n) is 3.50. The molecule has 0 aliphatic rings. The normalized spacial score (nSPS) is 12.1. The van der Waals surface area contributed by atoms with Crippen LogP contribution in [0.2, 0.25) is 0 Å². The second-order valence-corrected chi connectivity index (χ2v) is 7.39. The number of methoxy groups -OCH3 is 1. The SMILES string of the molecule is COCc1ccc(-c2ccc3ncc(C(N)=O)c(N[C@H](C)c4ccn(C)n4)c3c2)cn1. The number of carbonyl (C=O) groups excluding carboxylic acids is 1. The third-order valence-electron chi connectivity index (χ3n) is 5.12. The van der Waals surface area contributed by atoms with E-state index in [4.69, 9.17) is 10.5 Å². The number of ether oxygens (including phenoxy) is 1. The molecular formula is C23H24N6O2. The van der Waals surface area contributed by atoms with Gasteiger partial charge in [0, 0.05) is 43.7 Å². The summed E-state index contributed by atoms with van der Waals surface area (Å²) in [5, 5.41) is 8.68. The molecule has 4 rings (SSSR count). The minimum Gasteiger partial charge on any atom is -0.378 e. The van der Waals surface area contributed by atoms with E-state index in [1.54, 1.807) is 11.8 Å². The Hall–Kier alpha value is -3.78. The number of rotatable bonds is 7. The van der Waals surface area contributed by atoms with Crippen molar-refractivity contribution in [2.45, 2.75) is 19.6 Å². The van der Waals surface area contributed by atoms with Crippen LogP contribution >= 0.6 is 0 Å². The molecule has 1 amide bonds. The molecule has 0 aliphatic carbocycles. The number of primary amides is 1. The van der Waals surface area contributed by atoms with E-state index in [-0.39, 0.29) is 6.04 Å². The lowest BCUT2D eigenvalue weighted by atomic mass is 10.0. The van der Waals surface area contributed by atoms with Gasteiger partial charge in [0.2, 0.25) is 0 Å². The minimum absolute atomic E-state index is 0.136. The first kappa shape index (κ1) is 20.5. The molecule has 0 bridgehead atoms. The summed E-state index contributed by atoms with van der Waals surface area (Å²) in [6.45, 7) is 2.45. The first-order valence-corrected chi connectivity index (χ1v) is 9.89. The molecule has 0 aliphatic heterocycles. The number of nitrogens with zero attached hydrogens (tertiary/aromatic N) is 4. The third-order valence-corrected chi connectivity index (χ3v) is 5.12. The zero-order valence-corrected chi connectivity index (χ0v) is 17.7. The maximum atomic E-state index is 12.1. The standard InChI is InChI=1S/C23H24N6O2/c1-14(20-8-9-29(2)28-20)27-22-18-10-15(16-4-6-17(13-31-3)25-11-16)5-7-21(18)26-12-19(22)23(24)30/h4-12,14H,13H2,1-3H3,(H2,24,30)(H,26,27)/t14-/m1/s1. The Morgan fingerprint density at radius 3 is 2.61 bits per heavy atom. The predicted octanol–water partition coefficient (Wildman–Crippen LogP) is 3.45. The Kier molecular flexibility index (Phi) is 5.64. The Morgan fingerprint density at radius 1 is 1.16 bits per heavy atom. The van der Waals surface area contributed by atoms with Gasteiger partial charge in [-0.2, -0.15) is 5.10 Å². The van der Waals surface area contributed by atoms with E-state index in [1.165, 1.54) is 6.20 Å². The highest BCUT2D eigenvalue weighted by molar-refractivity contribution is 6.07. The summed E-state index contributed by atoms with van der Waals surface area (Å²) in [4.78, 5) is 21.0. The number of aromatic nitrogens is 4. The Morgan fingerprint density at radius 2 is 1.97 bits per heavy atom. The first-order chi connectivity index (χ1) is 15.0. The van der Waals surface area contributed by atoms with Gasteiger partial charge in [0.15, 0.2) is 0 Å². The van der Waals surface area contributed by atoms with Crippen molar-refractivity contribution in [2.24, 2.45) is 12.8 Å². The molecule has 1 aromatic carbocycles. The number of anilines is 1. The average Bonchev–Trinajstić information content (AvgIpc) is 3.20. The summed E-state index contributed by atoms with van der Waals surface area (Å²) in [7, 11) is 3.51. The number of carbonyl (C=O) groups is 1. The van der Waals surface area contributed by atoms with Crippen LogP contribution in [-0.2, 0) is 18.4 Å². The van der Waals surface area contributed by atoms with E-state index in [2.05, 4.69) is 20.4 Å². The summed E-state index contributed by atoms with van der Waals surface area (Å²) < 4.78 is 6.87. The van der Waals surface area contributed by atoms with Crippen molar-refractivity contribution in [1.29, 1.82) is 0 Å². The molecule has 0 spiro atoms. The fraction of sp³-hybridized carbons (Fsp3) is 0.217. The van der Waals surface area contributed by atoms with Gasteiger partial charge in [-0.25, -0.2) is 0 Å². The molecule has 8 nitrogen and oxygen atoms in total. The lowest BCUT2D eigenvalue weighted by Gasteiger charge is -2.18. The largest absolute Gasteiger partial charge is 0.378 e. The summed E-state index contributed by atoms with van der Waals surface area (Å²) in [6, 6.07) is 11.6. The maximum Gasteiger partial charge on any atom is 0.252 e. The summed E-state index contributed by atoms with van der Waals surface area (Å²) in [5.41, 5.74) is 11.0. The topological polar surface area (TPSA) is 108 Å². The van der Waals surface area contributed by atoms with Crippen LogP contribution in [0, 0.1) is 0 Å². The molecule has 3 heterocycles. The zero-order chi connectivity index (χ0) is 22.0. The van der Waals surface area contributed by atoms with Crippen LogP contribution in [0.15, 0.2) is 55.0 Å². The molecule has 4 aromatic rings. The van der Waals surface area contributed by atoms with Gasteiger partial charge >= 0.3 is 0 Å². The molecule has 3 N–H and O–H groups in total. The molecule has 0 radical (unpaired) electrons. The Bertz CT molecular complexity index is 1230. The number of fused-ring (bicyclic) bond motifs is 1. The molecule has 31 heavy (non-hydrogen) atoms. The van der Waals surface area contributed by atoms with Crippen LogP contribution in [-0.4, -0.2) is 32.8 Å². The van der Waals surface area contributed by atoms with Crippen molar-refractivity contribution < 1.29 is 9.53 Å². The van der Waals surface area contributed by atoms with Crippen molar-refractivity contribution in [3.63, 3.8) is 0 Å². The van der Waals surface area contributed by atoms with Crippen LogP contribution in [0.4, 0.5) is 5.69 Å². The van der Waals surface area contributed by atoms with Crippen LogP contribution in [0.1, 0.15) is 34.7 Å². The van der Waals surface area contributed by atoms with Crippen molar-refractivity contribution in [3.8, 4) is 11.1 Å². The number of amides is 1. The van der Waals surface area contributed by atoms with E-state index in [0.717, 1.165) is 33.4 Å². The van der Waals surface area contributed by atoms with Crippen molar-refractivity contribution >= 4 is 22.5 Å². The van der Waals surface area contributed by atoms with Gasteiger partial charge in [-0.1, -0.05) is 12.1 Å². The van der Waals surface area contributed by atoms with Gasteiger partial charge in [0.25, 0.3) is 5.91 Å². The first-order valence-electron chi connectivity index (χ1n) is 9.89. The molecule has 8 heteroatoms. The van der Waals surface area contributed by atoms with Crippen LogP contribution in [0.25, 0.3) is 22.0 Å². The van der Waals surface area contributed by atoms with Crippen LogP contribution in [0.3, 0.4) is 0 Å². The number of pyridine rings is 2. The predicted molar refractivity (Wildman–Crippen MR) is 119 cm³/mol. The lowest BCUT2D eigenvalue weighted by molar-refractivity contribution is 0.100. The van der Waals surface area contributed by atoms with E-state index >= 15 is 0 Å². The number of benzene rings is 1. The maximum absolute atomic E-state index is 12.1. The van der Waals surface area contributed by atoms with Crippen LogP contribution < -0.4 is 11.1 Å². The number of aryl methyl sites for hydroxylation is 1. The molecule has 0 saturated heterocycles. The van der Waals surface area contributed by atoms with Crippen molar-refractivity contribution in [1.82, 2.24) is 19.7 Å². The lowest BCUT2D eigenvalue weighted by Crippen LogP contribution is -2.17. The molecule has 0 saturated carbocycles. The molecule has 158 valence electrons. The van der Waals surface area contributed by atoms with Gasteiger partial charge in [-0.3, -0.25) is 19.4 Å². The van der Waals surface area contributed by atoms with Gasteiger partial charge in [0.05, 0.1) is 40.8 Å². The summed E-state index contributed by atoms with van der Waals surface area (Å²) in [6.07, 6.45) is 5.20. The van der Waals surface area contributed by atoms with Gasteiger partial charge < -0.3 is 15.8 Å². The van der Waals surface area contributed by atoms with Gasteiger partial charge in [-0.05, 0) is 36.8 Å². The van der Waals surface area contributed by atoms with Crippen LogP contribution in [0.5, 0.6) is 0 Å². The smallest absolute Gasteiger partial charge is 0.252 e. The highest BCUT2D eigenvalue weighted by Crippen LogP contribution is 2.32. The summed E-state index contributed by atoms with van der Waals surface area (Å²) >= 11 is 0. The molecule has 0 fully saturated rings. The second kappa shape index (κ2) is 8.53. The van der Waals surface area contributed by atoms with E-state index in [9.17, 15) is 4.79 Å². The highest BCUT2D eigenvalue weighted by atomic mass is 16.5. The monoisotopic (exact) mass is 416 g/mol. The van der Waals surface area contributed by atoms with Gasteiger partial charge in [0.1, 0.15) is 0 Å². The second-order valence-electron chi connectivity index (χ2n) is 7.39. The number of nitrogens with two attached hydrogens (primary N) is 1. The number of hydrogen-bond acceptors (Lipinski definition) is 6. The zero-order valence-electron chi connectivity index (χ0n) is 17.7. The molecular weight excluding hydrogens is 392 g/mol. The molecule has 3 aromatic heterocycles.